The fraction of sp³-hybridized carbons (Fsp3) is 0.500. The highest BCUT2D eigenvalue weighted by Gasteiger charge is 2.08. The van der Waals surface area contributed by atoms with Gasteiger partial charge in [0.25, 0.3) is 0 Å². The molecule has 0 saturated carbocycles. The zero-order chi connectivity index (χ0) is 11.3. The molecule has 3 heteroatoms. The van der Waals surface area contributed by atoms with Crippen LogP contribution in [0.2, 0.25) is 0 Å². The Morgan fingerprint density at radius 2 is 1.73 bits per heavy atom. The van der Waals surface area contributed by atoms with Crippen LogP contribution in [0.15, 0.2) is 24.3 Å². The molecule has 1 aromatic rings. The highest BCUT2D eigenvalue weighted by Crippen LogP contribution is 2.19. The first-order valence-corrected chi connectivity index (χ1v) is 5.11. The second-order valence-corrected chi connectivity index (χ2v) is 3.35. The van der Waals surface area contributed by atoms with Crippen LogP contribution in [0.1, 0.15) is 37.4 Å². The van der Waals surface area contributed by atoms with Crippen molar-refractivity contribution in [3.8, 4) is 0 Å². The van der Waals surface area contributed by atoms with Crippen LogP contribution in [0.5, 0.6) is 0 Å². The molecule has 0 saturated heterocycles. The second kappa shape index (κ2) is 5.85. The van der Waals surface area contributed by atoms with Gasteiger partial charge < -0.3 is 14.6 Å². The minimum Gasteiger partial charge on any atom is -0.377 e. The van der Waals surface area contributed by atoms with Gasteiger partial charge in [-0.15, -0.1) is 0 Å². The molecule has 0 aliphatic carbocycles. The summed E-state index contributed by atoms with van der Waals surface area (Å²) in [7, 11) is 1.67. The summed E-state index contributed by atoms with van der Waals surface area (Å²) in [5, 5.41) is 9.55. The number of rotatable bonds is 5. The molecule has 1 N–H and O–H groups in total. The quantitative estimate of drug-likeness (QED) is 0.758. The predicted octanol–water partition coefficient (Wildman–Crippen LogP) is 2.42. The van der Waals surface area contributed by atoms with E-state index in [2.05, 4.69) is 0 Å². The molecule has 1 rings (SSSR count). The maximum absolute atomic E-state index is 9.55. The van der Waals surface area contributed by atoms with Gasteiger partial charge in [-0.3, -0.25) is 0 Å². The first-order valence-electron chi connectivity index (χ1n) is 5.11. The summed E-state index contributed by atoms with van der Waals surface area (Å²) in [6, 6.07) is 7.58. The number of benzene rings is 1. The normalized spacial score (nSPS) is 14.9. The van der Waals surface area contributed by atoms with Crippen molar-refractivity contribution in [1.29, 1.82) is 0 Å². The van der Waals surface area contributed by atoms with Crippen LogP contribution in [-0.2, 0) is 9.47 Å². The Bertz CT molecular complexity index is 281. The molecule has 0 fully saturated rings. The van der Waals surface area contributed by atoms with Gasteiger partial charge in [0.1, 0.15) is 0 Å². The zero-order valence-corrected chi connectivity index (χ0v) is 9.43. The summed E-state index contributed by atoms with van der Waals surface area (Å²) >= 11 is 0. The van der Waals surface area contributed by atoms with E-state index < -0.39 is 6.29 Å². The fourth-order valence-corrected chi connectivity index (χ4v) is 1.32. The molecule has 0 spiro atoms. The topological polar surface area (TPSA) is 38.7 Å². The van der Waals surface area contributed by atoms with Crippen molar-refractivity contribution in [2.24, 2.45) is 0 Å². The SMILES string of the molecule is CCOC(O)c1ccc(C(C)OC)cc1. The predicted molar refractivity (Wildman–Crippen MR) is 58.5 cm³/mol. The first kappa shape index (κ1) is 12.2. The van der Waals surface area contributed by atoms with Crippen LogP contribution in [0.25, 0.3) is 0 Å². The standard InChI is InChI=1S/C12H18O3/c1-4-15-12(13)11-7-5-10(6-8-11)9(2)14-3/h5-9,12-13H,4H2,1-3H3. The van der Waals surface area contributed by atoms with E-state index in [-0.39, 0.29) is 6.10 Å². The third-order valence-corrected chi connectivity index (χ3v) is 2.37. The minimum atomic E-state index is -0.832. The molecule has 15 heavy (non-hydrogen) atoms. The van der Waals surface area contributed by atoms with Gasteiger partial charge in [-0.2, -0.15) is 0 Å². The highest BCUT2D eigenvalue weighted by atomic mass is 16.6. The third-order valence-electron chi connectivity index (χ3n) is 2.37. The summed E-state index contributed by atoms with van der Waals surface area (Å²) in [5.41, 5.74) is 1.86. The maximum atomic E-state index is 9.55. The van der Waals surface area contributed by atoms with E-state index in [0.29, 0.717) is 6.61 Å². The Kier molecular flexibility index (Phi) is 4.75. The Morgan fingerprint density at radius 1 is 1.20 bits per heavy atom. The minimum absolute atomic E-state index is 0.0725. The summed E-state index contributed by atoms with van der Waals surface area (Å²) in [5.74, 6) is 0. The van der Waals surface area contributed by atoms with E-state index >= 15 is 0 Å². The van der Waals surface area contributed by atoms with Gasteiger partial charge in [0, 0.05) is 19.3 Å². The van der Waals surface area contributed by atoms with Crippen molar-refractivity contribution in [1.82, 2.24) is 0 Å². The Hall–Kier alpha value is -0.900. The van der Waals surface area contributed by atoms with Crippen LogP contribution in [0.3, 0.4) is 0 Å². The lowest BCUT2D eigenvalue weighted by Crippen LogP contribution is -2.03. The first-order chi connectivity index (χ1) is 7.19. The number of ether oxygens (including phenoxy) is 2. The van der Waals surface area contributed by atoms with Crippen LogP contribution >= 0.6 is 0 Å². The average Bonchev–Trinajstić information content (AvgIpc) is 2.28. The third kappa shape index (κ3) is 3.30. The van der Waals surface area contributed by atoms with Gasteiger partial charge in [-0.25, -0.2) is 0 Å². The Labute approximate surface area is 90.6 Å². The van der Waals surface area contributed by atoms with Crippen molar-refractivity contribution < 1.29 is 14.6 Å². The van der Waals surface area contributed by atoms with Crippen LogP contribution in [0.4, 0.5) is 0 Å². The van der Waals surface area contributed by atoms with E-state index in [4.69, 9.17) is 9.47 Å². The molecule has 2 atom stereocenters. The summed E-state index contributed by atoms with van der Waals surface area (Å²) in [6.07, 6.45) is -0.759. The molecule has 0 heterocycles. The number of aliphatic hydroxyl groups is 1. The highest BCUT2D eigenvalue weighted by molar-refractivity contribution is 5.24. The average molecular weight is 210 g/mol. The molecular weight excluding hydrogens is 192 g/mol. The largest absolute Gasteiger partial charge is 0.377 e. The lowest BCUT2D eigenvalue weighted by Gasteiger charge is -2.13. The van der Waals surface area contributed by atoms with Gasteiger partial charge in [-0.1, -0.05) is 24.3 Å². The maximum Gasteiger partial charge on any atom is 0.181 e. The lowest BCUT2D eigenvalue weighted by atomic mass is 10.1. The summed E-state index contributed by atoms with van der Waals surface area (Å²) in [6.45, 7) is 4.33. The van der Waals surface area contributed by atoms with Crippen LogP contribution in [0, 0.1) is 0 Å². The van der Waals surface area contributed by atoms with E-state index in [1.165, 1.54) is 0 Å². The van der Waals surface area contributed by atoms with Crippen LogP contribution < -0.4 is 0 Å². The van der Waals surface area contributed by atoms with Crippen molar-refractivity contribution in [3.63, 3.8) is 0 Å². The number of hydrogen-bond donors (Lipinski definition) is 1. The summed E-state index contributed by atoms with van der Waals surface area (Å²) < 4.78 is 10.3. The molecule has 0 bridgehead atoms. The van der Waals surface area contributed by atoms with Crippen molar-refractivity contribution in [3.05, 3.63) is 35.4 Å². The molecule has 1 aromatic carbocycles. The molecule has 3 nitrogen and oxygen atoms in total. The van der Waals surface area contributed by atoms with Crippen molar-refractivity contribution in [2.45, 2.75) is 26.2 Å². The van der Waals surface area contributed by atoms with Gasteiger partial charge in [0.15, 0.2) is 6.29 Å². The molecule has 0 aromatic heterocycles. The monoisotopic (exact) mass is 210 g/mol. The fourth-order valence-electron chi connectivity index (χ4n) is 1.32. The molecule has 0 aliphatic rings. The Balaban J connectivity index is 2.71. The van der Waals surface area contributed by atoms with Gasteiger partial charge in [-0.05, 0) is 19.4 Å². The number of aliphatic hydroxyl groups excluding tert-OH is 1. The molecule has 2 unspecified atom stereocenters. The summed E-state index contributed by atoms with van der Waals surface area (Å²) in [4.78, 5) is 0. The number of methoxy groups -OCH3 is 1. The van der Waals surface area contributed by atoms with E-state index in [0.717, 1.165) is 11.1 Å². The van der Waals surface area contributed by atoms with Crippen molar-refractivity contribution in [2.75, 3.05) is 13.7 Å². The Morgan fingerprint density at radius 3 is 2.20 bits per heavy atom. The molecular formula is C12H18O3. The van der Waals surface area contributed by atoms with Crippen molar-refractivity contribution >= 4 is 0 Å². The molecule has 0 radical (unpaired) electrons. The zero-order valence-electron chi connectivity index (χ0n) is 9.43. The van der Waals surface area contributed by atoms with E-state index in [9.17, 15) is 5.11 Å². The van der Waals surface area contributed by atoms with E-state index in [1.54, 1.807) is 7.11 Å². The number of hydrogen-bond acceptors (Lipinski definition) is 3. The second-order valence-electron chi connectivity index (χ2n) is 3.35. The lowest BCUT2D eigenvalue weighted by molar-refractivity contribution is -0.0979. The van der Waals surface area contributed by atoms with Gasteiger partial charge >= 0.3 is 0 Å². The van der Waals surface area contributed by atoms with Gasteiger partial charge in [0.2, 0.25) is 0 Å². The molecule has 84 valence electrons. The van der Waals surface area contributed by atoms with E-state index in [1.807, 2.05) is 38.1 Å². The smallest absolute Gasteiger partial charge is 0.181 e. The van der Waals surface area contributed by atoms with Crippen LogP contribution in [-0.4, -0.2) is 18.8 Å². The molecule has 0 amide bonds. The molecule has 0 aliphatic heterocycles. The van der Waals surface area contributed by atoms with Gasteiger partial charge in [0.05, 0.1) is 6.10 Å².